The summed E-state index contributed by atoms with van der Waals surface area (Å²) in [7, 11) is 0. The number of nitrogens with zero attached hydrogens (tertiary/aromatic N) is 4. The van der Waals surface area contributed by atoms with Crippen LogP contribution >= 0.6 is 0 Å². The first-order valence-electron chi connectivity index (χ1n) is 10.7. The second-order valence-electron chi connectivity index (χ2n) is 8.29. The minimum atomic E-state index is 0.178. The number of hydrogen-bond acceptors (Lipinski definition) is 4. The Kier molecular flexibility index (Phi) is 4.73. The van der Waals surface area contributed by atoms with Crippen LogP contribution in [-0.4, -0.2) is 55.0 Å². The molecule has 2 aromatic rings. The molecule has 5 rings (SSSR count). The van der Waals surface area contributed by atoms with Crippen LogP contribution in [0.5, 0.6) is 0 Å². The lowest BCUT2D eigenvalue weighted by Crippen LogP contribution is -2.42. The van der Waals surface area contributed by atoms with Crippen molar-refractivity contribution in [1.82, 2.24) is 9.80 Å². The number of carbonyl (C=O) groups excluding carboxylic acids is 1. The summed E-state index contributed by atoms with van der Waals surface area (Å²) in [5, 5.41) is 9.13. The molecule has 0 unspecified atom stereocenters. The highest BCUT2D eigenvalue weighted by Gasteiger charge is 2.27. The molecule has 1 saturated heterocycles. The lowest BCUT2D eigenvalue weighted by atomic mass is 9.98. The van der Waals surface area contributed by atoms with Crippen LogP contribution in [-0.2, 0) is 12.8 Å². The predicted octanol–water partition coefficient (Wildman–Crippen LogP) is 3.35. The first-order valence-corrected chi connectivity index (χ1v) is 10.7. The monoisotopic (exact) mass is 386 g/mol. The molecule has 0 aromatic heterocycles. The Bertz CT molecular complexity index is 987. The van der Waals surface area contributed by atoms with E-state index < -0.39 is 0 Å². The van der Waals surface area contributed by atoms with Crippen LogP contribution in [0.2, 0.25) is 0 Å². The quantitative estimate of drug-likeness (QED) is 0.809. The number of fused-ring (bicyclic) bond motifs is 2. The van der Waals surface area contributed by atoms with Gasteiger partial charge in [0, 0.05) is 43.1 Å². The molecular formula is C24H26N4O. The largest absolute Gasteiger partial charge is 0.341 e. The third-order valence-electron chi connectivity index (χ3n) is 6.56. The maximum atomic E-state index is 13.0. The summed E-state index contributed by atoms with van der Waals surface area (Å²) in [4.78, 5) is 19.8. The summed E-state index contributed by atoms with van der Waals surface area (Å²) in [5.74, 6) is 0.178. The van der Waals surface area contributed by atoms with Gasteiger partial charge in [0.1, 0.15) is 0 Å². The van der Waals surface area contributed by atoms with Crippen LogP contribution in [0.1, 0.15) is 39.9 Å². The van der Waals surface area contributed by atoms with Gasteiger partial charge in [-0.1, -0.05) is 0 Å². The van der Waals surface area contributed by atoms with Gasteiger partial charge in [-0.25, -0.2) is 0 Å². The second kappa shape index (κ2) is 7.53. The van der Waals surface area contributed by atoms with Gasteiger partial charge >= 0.3 is 0 Å². The third kappa shape index (κ3) is 3.38. The van der Waals surface area contributed by atoms with Crippen molar-refractivity contribution >= 4 is 17.3 Å². The summed E-state index contributed by atoms with van der Waals surface area (Å²) in [5.41, 5.74) is 6.29. The zero-order chi connectivity index (χ0) is 19.8. The average molecular weight is 386 g/mol. The Morgan fingerprint density at radius 1 is 0.897 bits per heavy atom. The highest BCUT2D eigenvalue weighted by Crippen LogP contribution is 2.36. The number of benzene rings is 2. The number of amides is 1. The minimum absolute atomic E-state index is 0.178. The Hall–Kier alpha value is -2.84. The van der Waals surface area contributed by atoms with Gasteiger partial charge in [-0.3, -0.25) is 4.79 Å². The van der Waals surface area contributed by atoms with Crippen molar-refractivity contribution in [3.8, 4) is 6.07 Å². The standard InChI is InChI=1S/C24H26N4O/c25-17-18-3-6-23-20(15-18)8-12-28(23)21-4-5-22-19(16-21)7-11-27(24(22)29)14-13-26-9-1-2-10-26/h3-6,15-16H,1-2,7-14H2. The number of carbonyl (C=O) groups is 1. The molecule has 0 bridgehead atoms. The third-order valence-corrected chi connectivity index (χ3v) is 6.56. The summed E-state index contributed by atoms with van der Waals surface area (Å²) in [6.07, 6.45) is 4.45. The zero-order valence-electron chi connectivity index (χ0n) is 16.7. The van der Waals surface area contributed by atoms with Gasteiger partial charge in [0.15, 0.2) is 0 Å². The molecule has 3 aliphatic rings. The first kappa shape index (κ1) is 18.2. The molecule has 0 saturated carbocycles. The van der Waals surface area contributed by atoms with Gasteiger partial charge in [0.25, 0.3) is 5.91 Å². The predicted molar refractivity (Wildman–Crippen MR) is 114 cm³/mol. The van der Waals surface area contributed by atoms with Crippen LogP contribution in [0.4, 0.5) is 11.4 Å². The van der Waals surface area contributed by atoms with Gasteiger partial charge in [0.2, 0.25) is 0 Å². The molecule has 3 heterocycles. The van der Waals surface area contributed by atoms with Crippen LogP contribution in [0, 0.1) is 11.3 Å². The highest BCUT2D eigenvalue weighted by atomic mass is 16.2. The molecule has 1 fully saturated rings. The van der Waals surface area contributed by atoms with Gasteiger partial charge in [-0.15, -0.1) is 0 Å². The second-order valence-corrected chi connectivity index (χ2v) is 8.29. The van der Waals surface area contributed by atoms with Gasteiger partial charge in [-0.2, -0.15) is 5.26 Å². The molecule has 5 heteroatoms. The summed E-state index contributed by atoms with van der Waals surface area (Å²) < 4.78 is 0. The van der Waals surface area contributed by atoms with Crippen LogP contribution in [0.15, 0.2) is 36.4 Å². The Morgan fingerprint density at radius 2 is 1.72 bits per heavy atom. The molecule has 0 radical (unpaired) electrons. The molecule has 0 atom stereocenters. The normalized spacial score (nSPS) is 18.7. The van der Waals surface area contributed by atoms with Crippen molar-refractivity contribution < 1.29 is 4.79 Å². The molecule has 2 aromatic carbocycles. The van der Waals surface area contributed by atoms with E-state index in [-0.39, 0.29) is 5.91 Å². The fourth-order valence-corrected chi connectivity index (χ4v) is 4.91. The number of anilines is 2. The van der Waals surface area contributed by atoms with Crippen molar-refractivity contribution in [2.45, 2.75) is 25.7 Å². The van der Waals surface area contributed by atoms with Gasteiger partial charge in [-0.05, 0) is 86.3 Å². The molecule has 0 aliphatic carbocycles. The van der Waals surface area contributed by atoms with E-state index in [2.05, 4.69) is 28.0 Å². The van der Waals surface area contributed by atoms with E-state index in [1.54, 1.807) is 0 Å². The van der Waals surface area contributed by atoms with Crippen molar-refractivity contribution in [1.29, 1.82) is 5.26 Å². The maximum Gasteiger partial charge on any atom is 0.254 e. The number of nitriles is 1. The minimum Gasteiger partial charge on any atom is -0.341 e. The smallest absolute Gasteiger partial charge is 0.254 e. The Labute approximate surface area is 172 Å². The first-order chi connectivity index (χ1) is 14.2. The van der Waals surface area contributed by atoms with Crippen molar-refractivity contribution in [2.24, 2.45) is 0 Å². The van der Waals surface area contributed by atoms with Crippen LogP contribution in [0.25, 0.3) is 0 Å². The molecule has 1 amide bonds. The topological polar surface area (TPSA) is 50.6 Å². The van der Waals surface area contributed by atoms with E-state index in [4.69, 9.17) is 5.26 Å². The molecule has 0 N–H and O–H groups in total. The lowest BCUT2D eigenvalue weighted by Gasteiger charge is -2.31. The van der Waals surface area contributed by atoms with Crippen molar-refractivity contribution in [3.05, 3.63) is 58.7 Å². The lowest BCUT2D eigenvalue weighted by molar-refractivity contribution is 0.0724. The SMILES string of the molecule is N#Cc1ccc2c(c1)CCN2c1ccc2c(c1)CCN(CCN1CCCC1)C2=O. The fourth-order valence-electron chi connectivity index (χ4n) is 4.91. The van der Waals surface area contributed by atoms with E-state index >= 15 is 0 Å². The van der Waals surface area contributed by atoms with E-state index in [1.165, 1.54) is 37.2 Å². The van der Waals surface area contributed by atoms with Crippen LogP contribution in [0.3, 0.4) is 0 Å². The van der Waals surface area contributed by atoms with Crippen molar-refractivity contribution in [2.75, 3.05) is 44.2 Å². The number of rotatable bonds is 4. The van der Waals surface area contributed by atoms with E-state index in [1.807, 2.05) is 29.2 Å². The Balaban J connectivity index is 1.33. The van der Waals surface area contributed by atoms with E-state index in [0.717, 1.165) is 61.4 Å². The molecule has 0 spiro atoms. The molecule has 5 nitrogen and oxygen atoms in total. The van der Waals surface area contributed by atoms with E-state index in [9.17, 15) is 4.79 Å². The summed E-state index contributed by atoms with van der Waals surface area (Å²) >= 11 is 0. The molecule has 3 aliphatic heterocycles. The molecular weight excluding hydrogens is 360 g/mol. The fraction of sp³-hybridized carbons (Fsp3) is 0.417. The van der Waals surface area contributed by atoms with Crippen LogP contribution < -0.4 is 4.90 Å². The number of hydrogen-bond donors (Lipinski definition) is 0. The highest BCUT2D eigenvalue weighted by molar-refractivity contribution is 5.97. The van der Waals surface area contributed by atoms with E-state index in [0.29, 0.717) is 0 Å². The molecule has 148 valence electrons. The van der Waals surface area contributed by atoms with Gasteiger partial charge in [0.05, 0.1) is 11.6 Å². The Morgan fingerprint density at radius 3 is 2.55 bits per heavy atom. The van der Waals surface area contributed by atoms with Gasteiger partial charge < -0.3 is 14.7 Å². The zero-order valence-corrected chi connectivity index (χ0v) is 16.7. The average Bonchev–Trinajstić information content (AvgIpc) is 3.42. The number of likely N-dealkylation sites (tertiary alicyclic amines) is 1. The maximum absolute atomic E-state index is 13.0. The van der Waals surface area contributed by atoms with Crippen molar-refractivity contribution in [3.63, 3.8) is 0 Å². The summed E-state index contributed by atoms with van der Waals surface area (Å²) in [6, 6.07) is 14.4. The molecule has 29 heavy (non-hydrogen) atoms. The summed E-state index contributed by atoms with van der Waals surface area (Å²) in [6.45, 7) is 5.91.